The Morgan fingerprint density at radius 2 is 1.89 bits per heavy atom. The number of benzene rings is 1. The minimum Gasteiger partial charge on any atom is -0.337 e. The zero-order valence-electron chi connectivity index (χ0n) is 11.4. The van der Waals surface area contributed by atoms with Crippen molar-refractivity contribution in [2.45, 2.75) is 39.5 Å². The van der Waals surface area contributed by atoms with E-state index in [2.05, 4.69) is 61.5 Å². The highest BCUT2D eigenvalue weighted by Gasteiger charge is 2.19. The van der Waals surface area contributed by atoms with Crippen molar-refractivity contribution < 1.29 is 0 Å². The fraction of sp³-hybridized carbons (Fsp3) is 0.400. The van der Waals surface area contributed by atoms with Crippen molar-refractivity contribution in [2.24, 2.45) is 0 Å². The number of nitrogens with one attached hydrogen (secondary N) is 1. The summed E-state index contributed by atoms with van der Waals surface area (Å²) in [7, 11) is 0. The molecule has 0 radical (unpaired) electrons. The molecule has 0 unspecified atom stereocenters. The molecule has 0 spiro atoms. The third-order valence-electron chi connectivity index (χ3n) is 3.17. The van der Waals surface area contributed by atoms with Crippen molar-refractivity contribution in [2.75, 3.05) is 0 Å². The Kier molecular flexibility index (Phi) is 3.44. The van der Waals surface area contributed by atoms with Gasteiger partial charge in [0.05, 0.1) is 5.69 Å². The molecule has 0 amide bonds. The van der Waals surface area contributed by atoms with Crippen molar-refractivity contribution >= 4 is 12.2 Å². The molecule has 1 aromatic carbocycles. The lowest BCUT2D eigenvalue weighted by molar-refractivity contribution is 0.585. The molecule has 1 aromatic heterocycles. The summed E-state index contributed by atoms with van der Waals surface area (Å²) in [5.41, 5.74) is 3.83. The monoisotopic (exact) mass is 260 g/mol. The van der Waals surface area contributed by atoms with Crippen LogP contribution in [0.1, 0.15) is 39.0 Å². The molecule has 0 saturated heterocycles. The molecule has 96 valence electrons. The van der Waals surface area contributed by atoms with Crippen molar-refractivity contribution in [3.8, 4) is 5.69 Å². The van der Waals surface area contributed by atoms with Crippen LogP contribution in [0.4, 0.5) is 0 Å². The lowest BCUT2D eigenvalue weighted by Crippen LogP contribution is -2.16. The first kappa shape index (κ1) is 13.1. The third-order valence-corrected chi connectivity index (χ3v) is 3.47. The van der Waals surface area contributed by atoms with Gasteiger partial charge >= 0.3 is 0 Å². The van der Waals surface area contributed by atoms with Crippen LogP contribution in [0.5, 0.6) is 0 Å². The maximum atomic E-state index is 5.41. The number of aromatic amines is 1. The molecule has 0 aliphatic rings. The number of aryl methyl sites for hydroxylation is 1. The average Bonchev–Trinajstić information content (AvgIpc) is 2.69. The second-order valence-corrected chi connectivity index (χ2v) is 5.93. The summed E-state index contributed by atoms with van der Waals surface area (Å²) in [5.74, 6) is 0. The summed E-state index contributed by atoms with van der Waals surface area (Å²) in [6.07, 6.45) is 2.97. The van der Waals surface area contributed by atoms with E-state index in [1.54, 1.807) is 0 Å². The van der Waals surface area contributed by atoms with Crippen LogP contribution in [0.25, 0.3) is 5.69 Å². The van der Waals surface area contributed by atoms with Gasteiger partial charge in [-0.25, -0.2) is 0 Å². The van der Waals surface area contributed by atoms with Gasteiger partial charge in [0.2, 0.25) is 0 Å². The molecule has 0 aliphatic carbocycles. The van der Waals surface area contributed by atoms with E-state index >= 15 is 0 Å². The Morgan fingerprint density at radius 1 is 1.22 bits per heavy atom. The van der Waals surface area contributed by atoms with Crippen LogP contribution in [0.15, 0.2) is 30.5 Å². The second-order valence-electron chi connectivity index (χ2n) is 5.54. The summed E-state index contributed by atoms with van der Waals surface area (Å²) in [4.78, 5) is 3.14. The SMILES string of the molecule is CCc1c[nH]c(=S)n1-c1ccccc1C(C)(C)C. The first-order valence-corrected chi connectivity index (χ1v) is 6.75. The molecule has 1 N–H and O–H groups in total. The zero-order valence-corrected chi connectivity index (χ0v) is 12.3. The van der Waals surface area contributed by atoms with Crippen LogP contribution in [0.3, 0.4) is 0 Å². The first-order chi connectivity index (χ1) is 8.45. The molecule has 2 aromatic rings. The van der Waals surface area contributed by atoms with E-state index in [0.717, 1.165) is 11.2 Å². The van der Waals surface area contributed by atoms with E-state index in [0.29, 0.717) is 0 Å². The molecule has 2 rings (SSSR count). The smallest absolute Gasteiger partial charge is 0.182 e. The van der Waals surface area contributed by atoms with E-state index < -0.39 is 0 Å². The molecule has 3 heteroatoms. The maximum Gasteiger partial charge on any atom is 0.182 e. The lowest BCUT2D eigenvalue weighted by Gasteiger charge is -2.23. The number of H-pyrrole nitrogens is 1. The normalized spacial score (nSPS) is 11.8. The Labute approximate surface area is 114 Å². The number of imidazole rings is 1. The van der Waals surface area contributed by atoms with E-state index in [-0.39, 0.29) is 5.41 Å². The highest BCUT2D eigenvalue weighted by atomic mass is 32.1. The Bertz CT molecular complexity index is 599. The van der Waals surface area contributed by atoms with Gasteiger partial charge in [-0.3, -0.25) is 4.57 Å². The zero-order chi connectivity index (χ0) is 13.3. The van der Waals surface area contributed by atoms with Crippen LogP contribution < -0.4 is 0 Å². The molecular weight excluding hydrogens is 240 g/mol. The van der Waals surface area contributed by atoms with Gasteiger partial charge in [-0.05, 0) is 35.7 Å². The molecule has 2 nitrogen and oxygen atoms in total. The van der Waals surface area contributed by atoms with E-state index in [4.69, 9.17) is 12.2 Å². The standard InChI is InChI=1S/C15H20N2S/c1-5-11-10-16-14(18)17(11)13-9-7-6-8-12(13)15(2,3)4/h6-10H,5H2,1-4H3,(H,16,18). The summed E-state index contributed by atoms with van der Waals surface area (Å²) < 4.78 is 2.92. The topological polar surface area (TPSA) is 20.7 Å². The Hall–Kier alpha value is -1.35. The predicted octanol–water partition coefficient (Wildman–Crippen LogP) is 4.39. The lowest BCUT2D eigenvalue weighted by atomic mass is 9.85. The van der Waals surface area contributed by atoms with E-state index in [1.165, 1.54) is 16.9 Å². The number of nitrogens with zero attached hydrogens (tertiary/aromatic N) is 1. The molecule has 0 aliphatic heterocycles. The minimum absolute atomic E-state index is 0.105. The van der Waals surface area contributed by atoms with Crippen molar-refractivity contribution in [1.29, 1.82) is 0 Å². The molecule has 0 fully saturated rings. The average molecular weight is 260 g/mol. The Morgan fingerprint density at radius 3 is 2.50 bits per heavy atom. The summed E-state index contributed by atoms with van der Waals surface area (Å²) in [6, 6.07) is 8.48. The van der Waals surface area contributed by atoms with Crippen LogP contribution in [0.2, 0.25) is 0 Å². The van der Waals surface area contributed by atoms with Gasteiger partial charge in [0.25, 0.3) is 0 Å². The molecule has 0 bridgehead atoms. The largest absolute Gasteiger partial charge is 0.337 e. The summed E-state index contributed by atoms with van der Waals surface area (Å²) in [6.45, 7) is 8.84. The molecule has 18 heavy (non-hydrogen) atoms. The van der Waals surface area contributed by atoms with Gasteiger partial charge in [0, 0.05) is 11.9 Å². The fourth-order valence-corrected chi connectivity index (χ4v) is 2.51. The van der Waals surface area contributed by atoms with E-state index in [1.807, 2.05) is 6.20 Å². The van der Waals surface area contributed by atoms with E-state index in [9.17, 15) is 0 Å². The summed E-state index contributed by atoms with van der Waals surface area (Å²) in [5, 5.41) is 0. The van der Waals surface area contributed by atoms with Crippen molar-refractivity contribution in [3.63, 3.8) is 0 Å². The van der Waals surface area contributed by atoms with Crippen molar-refractivity contribution in [1.82, 2.24) is 9.55 Å². The van der Waals surface area contributed by atoms with Gasteiger partial charge in [-0.15, -0.1) is 0 Å². The number of hydrogen-bond acceptors (Lipinski definition) is 1. The number of para-hydroxylation sites is 1. The highest BCUT2D eigenvalue weighted by Crippen LogP contribution is 2.29. The predicted molar refractivity (Wildman–Crippen MR) is 79.0 cm³/mol. The number of aromatic nitrogens is 2. The number of hydrogen-bond donors (Lipinski definition) is 1. The molecule has 0 saturated carbocycles. The fourth-order valence-electron chi connectivity index (χ4n) is 2.23. The van der Waals surface area contributed by atoms with Crippen LogP contribution in [0, 0.1) is 4.77 Å². The minimum atomic E-state index is 0.105. The van der Waals surface area contributed by atoms with Gasteiger partial charge in [0.15, 0.2) is 4.77 Å². The summed E-state index contributed by atoms with van der Waals surface area (Å²) >= 11 is 5.41. The Balaban J connectivity index is 2.72. The molecule has 0 atom stereocenters. The molecular formula is C15H20N2S. The van der Waals surface area contributed by atoms with Gasteiger partial charge < -0.3 is 4.98 Å². The second kappa shape index (κ2) is 4.73. The van der Waals surface area contributed by atoms with Crippen LogP contribution in [-0.4, -0.2) is 9.55 Å². The maximum absolute atomic E-state index is 5.41. The van der Waals surface area contributed by atoms with Crippen molar-refractivity contribution in [3.05, 3.63) is 46.5 Å². The third kappa shape index (κ3) is 2.27. The quantitative estimate of drug-likeness (QED) is 0.794. The molecule has 1 heterocycles. The first-order valence-electron chi connectivity index (χ1n) is 6.34. The van der Waals surface area contributed by atoms with Crippen LogP contribution >= 0.6 is 12.2 Å². The number of rotatable bonds is 2. The van der Waals surface area contributed by atoms with Gasteiger partial charge in [-0.2, -0.15) is 0 Å². The highest BCUT2D eigenvalue weighted by molar-refractivity contribution is 7.71. The van der Waals surface area contributed by atoms with Gasteiger partial charge in [0.1, 0.15) is 0 Å². The van der Waals surface area contributed by atoms with Gasteiger partial charge in [-0.1, -0.05) is 45.9 Å². The van der Waals surface area contributed by atoms with Crippen LogP contribution in [-0.2, 0) is 11.8 Å².